The maximum Gasteiger partial charge on any atom is 0.242 e. The molecular weight excluding hydrogens is 380 g/mol. The van der Waals surface area contributed by atoms with E-state index >= 15 is 0 Å². The van der Waals surface area contributed by atoms with Crippen molar-refractivity contribution in [2.75, 3.05) is 26.3 Å². The van der Waals surface area contributed by atoms with Crippen molar-refractivity contribution in [2.45, 2.75) is 104 Å². The monoisotopic (exact) mass is 422 g/mol. The van der Waals surface area contributed by atoms with Crippen molar-refractivity contribution in [3.05, 3.63) is 0 Å². The Balaban J connectivity index is 1.48. The van der Waals surface area contributed by atoms with E-state index in [-0.39, 0.29) is 35.0 Å². The van der Waals surface area contributed by atoms with Crippen LogP contribution in [0, 0.1) is 10.8 Å². The molecule has 6 nitrogen and oxygen atoms in total. The number of hydrogen-bond acceptors (Lipinski definition) is 4. The summed E-state index contributed by atoms with van der Waals surface area (Å²) in [6.07, 6.45) is 11.4. The number of likely N-dealkylation sites (tertiary alicyclic amines) is 1. The van der Waals surface area contributed by atoms with E-state index in [1.807, 2.05) is 0 Å². The Kier molecular flexibility index (Phi) is 8.19. The third kappa shape index (κ3) is 6.19. The molecule has 1 atom stereocenters. The van der Waals surface area contributed by atoms with Gasteiger partial charge in [-0.3, -0.25) is 9.59 Å². The van der Waals surface area contributed by atoms with E-state index in [1.165, 1.54) is 25.7 Å². The third-order valence-electron chi connectivity index (χ3n) is 6.93. The van der Waals surface area contributed by atoms with Gasteiger partial charge in [-0.2, -0.15) is 0 Å². The summed E-state index contributed by atoms with van der Waals surface area (Å²) < 4.78 is 11.9. The zero-order chi connectivity index (χ0) is 21.6. The Hall–Kier alpha value is -1.14. The Bertz CT molecular complexity index is 572. The molecule has 1 saturated carbocycles. The van der Waals surface area contributed by atoms with Crippen LogP contribution in [-0.2, 0) is 19.1 Å². The molecule has 0 aromatic heterocycles. The van der Waals surface area contributed by atoms with E-state index in [0.29, 0.717) is 32.7 Å². The van der Waals surface area contributed by atoms with Crippen molar-refractivity contribution in [3.63, 3.8) is 0 Å². The van der Waals surface area contributed by atoms with E-state index in [1.54, 1.807) is 4.90 Å². The minimum Gasteiger partial charge on any atom is -0.354 e. The molecule has 6 heteroatoms. The SMILES string of the molecule is CC(C)(C)CC(=O)N1CCC[C@H]1C(=O)NCCCC1(C2OCCO2)CCCCCC1. The van der Waals surface area contributed by atoms with Gasteiger partial charge >= 0.3 is 0 Å². The molecule has 172 valence electrons. The zero-order valence-electron chi connectivity index (χ0n) is 19.3. The summed E-state index contributed by atoms with van der Waals surface area (Å²) in [5.41, 5.74) is 0.0396. The first-order valence-electron chi connectivity index (χ1n) is 12.1. The predicted octanol–water partition coefficient (Wildman–Crippen LogP) is 4.02. The number of amides is 2. The fraction of sp³-hybridized carbons (Fsp3) is 0.917. The maximum atomic E-state index is 12.8. The Morgan fingerprint density at radius 1 is 1.03 bits per heavy atom. The molecule has 0 unspecified atom stereocenters. The lowest BCUT2D eigenvalue weighted by Crippen LogP contribution is -2.47. The number of ether oxygens (including phenoxy) is 2. The predicted molar refractivity (Wildman–Crippen MR) is 117 cm³/mol. The molecule has 3 aliphatic rings. The minimum atomic E-state index is -0.298. The molecule has 1 aliphatic carbocycles. The zero-order valence-corrected chi connectivity index (χ0v) is 19.3. The Morgan fingerprint density at radius 2 is 1.70 bits per heavy atom. The van der Waals surface area contributed by atoms with Crippen LogP contribution in [0.4, 0.5) is 0 Å². The van der Waals surface area contributed by atoms with Gasteiger partial charge in [-0.15, -0.1) is 0 Å². The Morgan fingerprint density at radius 3 is 2.33 bits per heavy atom. The Labute approximate surface area is 182 Å². The first-order valence-corrected chi connectivity index (χ1v) is 12.1. The van der Waals surface area contributed by atoms with Gasteiger partial charge in [0.05, 0.1) is 13.2 Å². The quantitative estimate of drug-likeness (QED) is 0.497. The highest BCUT2D eigenvalue weighted by atomic mass is 16.7. The standard InChI is InChI=1S/C24H42N2O4/c1-23(2,3)18-20(27)26-15-8-10-19(26)21(28)25-14-9-13-24(22-29-16-17-30-22)11-6-4-5-7-12-24/h19,22H,4-18H2,1-3H3,(H,25,28)/t19-/m0/s1. The van der Waals surface area contributed by atoms with Crippen molar-refractivity contribution in [1.82, 2.24) is 10.2 Å². The van der Waals surface area contributed by atoms with Crippen LogP contribution in [-0.4, -0.2) is 55.3 Å². The fourth-order valence-electron chi connectivity index (χ4n) is 5.41. The summed E-state index contributed by atoms with van der Waals surface area (Å²) in [6.45, 7) is 8.95. The molecular formula is C24H42N2O4. The van der Waals surface area contributed by atoms with Gasteiger partial charge in [0.1, 0.15) is 6.04 Å². The second-order valence-corrected chi connectivity index (χ2v) is 10.7. The van der Waals surface area contributed by atoms with Gasteiger partial charge in [-0.25, -0.2) is 0 Å². The fourth-order valence-corrected chi connectivity index (χ4v) is 5.41. The van der Waals surface area contributed by atoms with Crippen molar-refractivity contribution in [1.29, 1.82) is 0 Å². The van der Waals surface area contributed by atoms with E-state index < -0.39 is 0 Å². The largest absolute Gasteiger partial charge is 0.354 e. The molecule has 2 aliphatic heterocycles. The number of nitrogens with one attached hydrogen (secondary N) is 1. The molecule has 2 amide bonds. The van der Waals surface area contributed by atoms with Gasteiger partial charge in [-0.05, 0) is 43.9 Å². The van der Waals surface area contributed by atoms with Gasteiger partial charge in [-0.1, -0.05) is 46.5 Å². The molecule has 0 aromatic rings. The van der Waals surface area contributed by atoms with Crippen LogP contribution in [0.2, 0.25) is 0 Å². The summed E-state index contributed by atoms with van der Waals surface area (Å²) in [6, 6.07) is -0.298. The van der Waals surface area contributed by atoms with Gasteiger partial charge in [0.2, 0.25) is 11.8 Å². The van der Waals surface area contributed by atoms with E-state index in [0.717, 1.165) is 38.5 Å². The van der Waals surface area contributed by atoms with Gasteiger partial charge in [0.25, 0.3) is 0 Å². The van der Waals surface area contributed by atoms with Crippen LogP contribution < -0.4 is 5.32 Å². The highest BCUT2D eigenvalue weighted by molar-refractivity contribution is 5.88. The second-order valence-electron chi connectivity index (χ2n) is 10.7. The number of hydrogen-bond donors (Lipinski definition) is 1. The van der Waals surface area contributed by atoms with E-state index in [2.05, 4.69) is 26.1 Å². The number of carbonyl (C=O) groups excluding carboxylic acids is 2. The maximum absolute atomic E-state index is 12.8. The molecule has 3 fully saturated rings. The molecule has 0 aromatic carbocycles. The normalized spacial score (nSPS) is 25.3. The summed E-state index contributed by atoms with van der Waals surface area (Å²) in [5, 5.41) is 3.12. The highest BCUT2D eigenvalue weighted by Crippen LogP contribution is 2.44. The topological polar surface area (TPSA) is 67.9 Å². The molecule has 2 saturated heterocycles. The molecule has 30 heavy (non-hydrogen) atoms. The minimum absolute atomic E-state index is 0.0121. The third-order valence-corrected chi connectivity index (χ3v) is 6.93. The van der Waals surface area contributed by atoms with Crippen LogP contribution in [0.25, 0.3) is 0 Å². The molecule has 1 N–H and O–H groups in total. The van der Waals surface area contributed by atoms with Crippen LogP contribution >= 0.6 is 0 Å². The molecule has 0 radical (unpaired) electrons. The summed E-state index contributed by atoms with van der Waals surface area (Å²) in [4.78, 5) is 27.3. The van der Waals surface area contributed by atoms with Crippen molar-refractivity contribution in [2.24, 2.45) is 10.8 Å². The molecule has 0 spiro atoms. The highest BCUT2D eigenvalue weighted by Gasteiger charge is 2.42. The first-order chi connectivity index (χ1) is 14.3. The smallest absolute Gasteiger partial charge is 0.242 e. The van der Waals surface area contributed by atoms with Crippen LogP contribution in [0.1, 0.15) is 91.4 Å². The van der Waals surface area contributed by atoms with Crippen molar-refractivity contribution in [3.8, 4) is 0 Å². The summed E-state index contributed by atoms with van der Waals surface area (Å²) in [7, 11) is 0. The van der Waals surface area contributed by atoms with Crippen molar-refractivity contribution >= 4 is 11.8 Å². The molecule has 0 bridgehead atoms. The van der Waals surface area contributed by atoms with Crippen LogP contribution in [0.3, 0.4) is 0 Å². The first kappa shape index (κ1) is 23.5. The number of carbonyl (C=O) groups is 2. The molecule has 3 rings (SSSR count). The van der Waals surface area contributed by atoms with Crippen molar-refractivity contribution < 1.29 is 19.1 Å². The second kappa shape index (κ2) is 10.4. The lowest BCUT2D eigenvalue weighted by molar-refractivity contribution is -0.143. The number of nitrogens with zero attached hydrogens (tertiary/aromatic N) is 1. The van der Waals surface area contributed by atoms with Gasteiger partial charge in [0, 0.05) is 24.9 Å². The summed E-state index contributed by atoms with van der Waals surface area (Å²) in [5.74, 6) is 0.117. The summed E-state index contributed by atoms with van der Waals surface area (Å²) >= 11 is 0. The van der Waals surface area contributed by atoms with Gasteiger partial charge in [0.15, 0.2) is 6.29 Å². The lowest BCUT2D eigenvalue weighted by Gasteiger charge is -2.37. The van der Waals surface area contributed by atoms with Crippen LogP contribution in [0.5, 0.6) is 0 Å². The van der Waals surface area contributed by atoms with Gasteiger partial charge < -0.3 is 19.7 Å². The molecule has 2 heterocycles. The van der Waals surface area contributed by atoms with Crippen LogP contribution in [0.15, 0.2) is 0 Å². The van der Waals surface area contributed by atoms with E-state index in [4.69, 9.17) is 9.47 Å². The average molecular weight is 423 g/mol. The lowest BCUT2D eigenvalue weighted by atomic mass is 9.75. The number of rotatable bonds is 7. The van der Waals surface area contributed by atoms with E-state index in [9.17, 15) is 9.59 Å². The average Bonchev–Trinajstić information content (AvgIpc) is 3.33.